The van der Waals surface area contributed by atoms with E-state index in [1.807, 2.05) is 37.5 Å². The number of H-pyrrole nitrogens is 1. The molecule has 1 saturated heterocycles. The average molecular weight is 527 g/mol. The molecule has 0 unspecified atom stereocenters. The predicted molar refractivity (Wildman–Crippen MR) is 158 cm³/mol. The smallest absolute Gasteiger partial charge is 0.253 e. The Bertz CT molecular complexity index is 1530. The number of aromatic amines is 1. The van der Waals surface area contributed by atoms with Crippen LogP contribution in [0.15, 0.2) is 53.6 Å². The maximum atomic E-state index is 13.6. The van der Waals surface area contributed by atoms with Crippen molar-refractivity contribution in [3.05, 3.63) is 81.5 Å². The zero-order valence-corrected chi connectivity index (χ0v) is 23.3. The van der Waals surface area contributed by atoms with Crippen molar-refractivity contribution in [3.63, 3.8) is 0 Å². The number of fused-ring (bicyclic) bond motifs is 1. The second-order valence-corrected chi connectivity index (χ2v) is 10.6. The Balaban J connectivity index is 1.48. The van der Waals surface area contributed by atoms with E-state index in [0.717, 1.165) is 78.1 Å². The zero-order chi connectivity index (χ0) is 27.5. The van der Waals surface area contributed by atoms with Crippen LogP contribution in [0.25, 0.3) is 22.0 Å². The van der Waals surface area contributed by atoms with E-state index in [0.29, 0.717) is 11.1 Å². The number of hydrogen-bond donors (Lipinski definition) is 3. The van der Waals surface area contributed by atoms with E-state index in [2.05, 4.69) is 64.1 Å². The SMILES string of the molecule is CCCc1cc(C)[nH]c(=O)c1CNC(=O)c1cc(-c2ccc(N3CCNCC3)nc2)cc2c1ccn2C(C)C. The van der Waals surface area contributed by atoms with Crippen LogP contribution >= 0.6 is 0 Å². The third-order valence-electron chi connectivity index (χ3n) is 7.47. The number of hydrogen-bond acceptors (Lipinski definition) is 5. The number of carbonyl (C=O) groups excluding carboxylic acids is 1. The van der Waals surface area contributed by atoms with Crippen molar-refractivity contribution in [2.75, 3.05) is 31.1 Å². The largest absolute Gasteiger partial charge is 0.354 e. The Morgan fingerprint density at radius 3 is 2.59 bits per heavy atom. The molecule has 0 atom stereocenters. The first-order valence-corrected chi connectivity index (χ1v) is 13.9. The normalized spacial score (nSPS) is 13.8. The molecule has 8 heteroatoms. The number of amides is 1. The summed E-state index contributed by atoms with van der Waals surface area (Å²) in [5.41, 5.74) is 5.79. The van der Waals surface area contributed by atoms with E-state index in [9.17, 15) is 9.59 Å². The van der Waals surface area contributed by atoms with Crippen LogP contribution in [0.1, 0.15) is 60.4 Å². The maximum Gasteiger partial charge on any atom is 0.253 e. The van der Waals surface area contributed by atoms with Gasteiger partial charge in [-0.2, -0.15) is 0 Å². The van der Waals surface area contributed by atoms with E-state index in [4.69, 9.17) is 4.98 Å². The molecule has 3 aromatic heterocycles. The third-order valence-corrected chi connectivity index (χ3v) is 7.47. The maximum absolute atomic E-state index is 13.6. The van der Waals surface area contributed by atoms with Gasteiger partial charge in [0.1, 0.15) is 5.82 Å². The van der Waals surface area contributed by atoms with Gasteiger partial charge in [-0.25, -0.2) is 4.98 Å². The molecule has 0 saturated carbocycles. The summed E-state index contributed by atoms with van der Waals surface area (Å²) >= 11 is 0. The summed E-state index contributed by atoms with van der Waals surface area (Å²) in [6, 6.07) is 12.5. The Hall–Kier alpha value is -3.91. The molecule has 1 aliphatic rings. The second kappa shape index (κ2) is 11.5. The van der Waals surface area contributed by atoms with Crippen molar-refractivity contribution in [2.45, 2.75) is 53.1 Å². The fraction of sp³-hybridized carbons (Fsp3) is 0.387. The van der Waals surface area contributed by atoms with Gasteiger partial charge in [0.2, 0.25) is 0 Å². The highest BCUT2D eigenvalue weighted by Gasteiger charge is 2.18. The number of carbonyl (C=O) groups is 1. The molecule has 0 spiro atoms. The number of nitrogens with zero attached hydrogens (tertiary/aromatic N) is 3. The number of aryl methyl sites for hydroxylation is 2. The van der Waals surface area contributed by atoms with Gasteiger partial charge in [0, 0.05) is 84.4 Å². The summed E-state index contributed by atoms with van der Waals surface area (Å²) in [4.78, 5) is 36.3. The van der Waals surface area contributed by atoms with Crippen molar-refractivity contribution in [1.29, 1.82) is 0 Å². The highest BCUT2D eigenvalue weighted by molar-refractivity contribution is 6.08. The number of nitrogens with one attached hydrogen (secondary N) is 3. The lowest BCUT2D eigenvalue weighted by Crippen LogP contribution is -2.43. The molecule has 39 heavy (non-hydrogen) atoms. The van der Waals surface area contributed by atoms with Crippen LogP contribution in [0.5, 0.6) is 0 Å². The first-order chi connectivity index (χ1) is 18.9. The van der Waals surface area contributed by atoms with Crippen LogP contribution in [0.3, 0.4) is 0 Å². The molecule has 0 radical (unpaired) electrons. The number of piperazine rings is 1. The molecule has 4 aromatic rings. The molecule has 1 fully saturated rings. The van der Waals surface area contributed by atoms with Gasteiger partial charge in [-0.15, -0.1) is 0 Å². The Morgan fingerprint density at radius 1 is 1.10 bits per heavy atom. The molecule has 204 valence electrons. The summed E-state index contributed by atoms with van der Waals surface area (Å²) in [5.74, 6) is 0.771. The highest BCUT2D eigenvalue weighted by Crippen LogP contribution is 2.31. The van der Waals surface area contributed by atoms with Crippen LogP contribution < -0.4 is 21.1 Å². The zero-order valence-electron chi connectivity index (χ0n) is 23.3. The van der Waals surface area contributed by atoms with Gasteiger partial charge < -0.3 is 25.1 Å². The third kappa shape index (κ3) is 5.61. The van der Waals surface area contributed by atoms with Gasteiger partial charge in [-0.05, 0) is 74.7 Å². The van der Waals surface area contributed by atoms with Gasteiger partial charge >= 0.3 is 0 Å². The Kier molecular flexibility index (Phi) is 7.84. The topological polar surface area (TPSA) is 95.1 Å². The fourth-order valence-corrected chi connectivity index (χ4v) is 5.44. The fourth-order valence-electron chi connectivity index (χ4n) is 5.44. The van der Waals surface area contributed by atoms with Crippen LogP contribution in [-0.4, -0.2) is 46.6 Å². The first kappa shape index (κ1) is 26.7. The van der Waals surface area contributed by atoms with E-state index in [1.54, 1.807) is 0 Å². The summed E-state index contributed by atoms with van der Waals surface area (Å²) in [7, 11) is 0. The highest BCUT2D eigenvalue weighted by atomic mass is 16.1. The molecule has 3 N–H and O–H groups in total. The molecule has 0 bridgehead atoms. The molecule has 1 aromatic carbocycles. The number of rotatable bonds is 8. The van der Waals surface area contributed by atoms with Crippen LogP contribution in [0.2, 0.25) is 0 Å². The first-order valence-electron chi connectivity index (χ1n) is 13.9. The van der Waals surface area contributed by atoms with E-state index in [1.165, 1.54) is 0 Å². The molecule has 5 rings (SSSR count). The molecule has 1 aliphatic heterocycles. The average Bonchev–Trinajstić information content (AvgIpc) is 3.37. The summed E-state index contributed by atoms with van der Waals surface area (Å²) in [6.07, 6.45) is 5.65. The van der Waals surface area contributed by atoms with Crippen molar-refractivity contribution in [3.8, 4) is 11.1 Å². The number of benzene rings is 1. The Labute approximate surface area is 229 Å². The van der Waals surface area contributed by atoms with Crippen molar-refractivity contribution < 1.29 is 4.79 Å². The van der Waals surface area contributed by atoms with Crippen LogP contribution in [-0.2, 0) is 13.0 Å². The van der Waals surface area contributed by atoms with Gasteiger partial charge in [0.15, 0.2) is 0 Å². The lowest BCUT2D eigenvalue weighted by molar-refractivity contribution is 0.0952. The number of pyridine rings is 2. The summed E-state index contributed by atoms with van der Waals surface area (Å²) in [6.45, 7) is 12.2. The second-order valence-electron chi connectivity index (χ2n) is 10.6. The molecular formula is C31H38N6O2. The van der Waals surface area contributed by atoms with Gasteiger partial charge in [0.05, 0.1) is 0 Å². The number of aromatic nitrogens is 3. The molecule has 4 heterocycles. The standard InChI is InChI=1S/C31H38N6O2/c1-5-6-22-15-21(4)35-31(39)27(22)19-34-30(38)26-16-24(17-28-25(26)9-12-37(28)20(2)3)23-7-8-29(33-18-23)36-13-10-32-11-14-36/h7-9,12,15-18,20,32H,5-6,10-11,13-14,19H2,1-4H3,(H,34,38)(H,35,39). The molecule has 0 aliphatic carbocycles. The van der Waals surface area contributed by atoms with E-state index >= 15 is 0 Å². The van der Waals surface area contributed by atoms with Gasteiger partial charge in [0.25, 0.3) is 11.5 Å². The van der Waals surface area contributed by atoms with Crippen LogP contribution in [0, 0.1) is 6.92 Å². The van der Waals surface area contributed by atoms with Crippen molar-refractivity contribution >= 4 is 22.6 Å². The Morgan fingerprint density at radius 2 is 1.90 bits per heavy atom. The summed E-state index contributed by atoms with van der Waals surface area (Å²) in [5, 5.41) is 7.30. The lowest BCUT2D eigenvalue weighted by atomic mass is 10.00. The molecular weight excluding hydrogens is 488 g/mol. The van der Waals surface area contributed by atoms with Crippen molar-refractivity contribution in [1.82, 2.24) is 25.2 Å². The van der Waals surface area contributed by atoms with Crippen LogP contribution in [0.4, 0.5) is 5.82 Å². The minimum absolute atomic E-state index is 0.140. The minimum atomic E-state index is -0.198. The van der Waals surface area contributed by atoms with Crippen molar-refractivity contribution in [2.24, 2.45) is 0 Å². The molecule has 8 nitrogen and oxygen atoms in total. The number of anilines is 1. The molecule has 1 amide bonds. The summed E-state index contributed by atoms with van der Waals surface area (Å²) < 4.78 is 2.18. The quantitative estimate of drug-likeness (QED) is 0.313. The predicted octanol–water partition coefficient (Wildman–Crippen LogP) is 4.57. The lowest BCUT2D eigenvalue weighted by Gasteiger charge is -2.28. The van der Waals surface area contributed by atoms with E-state index < -0.39 is 0 Å². The monoisotopic (exact) mass is 526 g/mol. The minimum Gasteiger partial charge on any atom is -0.354 e. The van der Waals surface area contributed by atoms with Gasteiger partial charge in [-0.1, -0.05) is 13.3 Å². The van der Waals surface area contributed by atoms with E-state index in [-0.39, 0.29) is 24.1 Å². The van der Waals surface area contributed by atoms with Gasteiger partial charge in [-0.3, -0.25) is 9.59 Å².